The number of hydrogen-bond donors (Lipinski definition) is 0. The Hall–Kier alpha value is -1.91. The van der Waals surface area contributed by atoms with Crippen LogP contribution in [0.1, 0.15) is 0 Å². The molecule has 0 aliphatic rings. The van der Waals surface area contributed by atoms with Gasteiger partial charge in [0.1, 0.15) is 10.8 Å². The Morgan fingerprint density at radius 1 is 1.11 bits per heavy atom. The highest BCUT2D eigenvalue weighted by molar-refractivity contribution is 7.21. The highest BCUT2D eigenvalue weighted by Gasteiger charge is 2.12. The fraction of sp³-hybridized carbons (Fsp3) is 0. The van der Waals surface area contributed by atoms with E-state index in [0.29, 0.717) is 5.75 Å². The van der Waals surface area contributed by atoms with Crippen molar-refractivity contribution in [2.45, 2.75) is 0 Å². The average molecular weight is 290 g/mol. The van der Waals surface area contributed by atoms with E-state index in [4.69, 9.17) is 16.3 Å². The first-order valence-corrected chi connectivity index (χ1v) is 6.76. The molecule has 1 heterocycles. The summed E-state index contributed by atoms with van der Waals surface area (Å²) in [5, 5.41) is 0.801. The molecule has 0 saturated heterocycles. The molecule has 0 atom stereocenters. The first-order chi connectivity index (χ1) is 9.24. The Kier molecular flexibility index (Phi) is 3.19. The number of halogens is 1. The molecule has 0 saturated carbocycles. The number of hydrogen-bond acceptors (Lipinski definition) is 4. The summed E-state index contributed by atoms with van der Waals surface area (Å²) in [5.74, 6) is 0.418. The largest absolute Gasteiger partial charge is 0.414 e. The van der Waals surface area contributed by atoms with Crippen LogP contribution in [0, 0.1) is 0 Å². The third-order valence-corrected chi connectivity index (χ3v) is 3.75. The minimum Gasteiger partial charge on any atom is -0.414 e. The third-order valence-electron chi connectivity index (χ3n) is 2.60. The molecule has 2 aromatic carbocycles. The lowest BCUT2D eigenvalue weighted by molar-refractivity contribution is 0.226. The van der Waals surface area contributed by atoms with Gasteiger partial charge in [-0.3, -0.25) is 0 Å². The van der Waals surface area contributed by atoms with Gasteiger partial charge in [0.2, 0.25) is 0 Å². The third kappa shape index (κ3) is 2.45. The quantitative estimate of drug-likeness (QED) is 0.642. The van der Waals surface area contributed by atoms with Gasteiger partial charge in [-0.15, -0.1) is 11.3 Å². The van der Waals surface area contributed by atoms with Crippen molar-refractivity contribution in [3.8, 4) is 16.3 Å². The first kappa shape index (κ1) is 12.1. The van der Waals surface area contributed by atoms with Crippen LogP contribution in [0.5, 0.6) is 5.75 Å². The van der Waals surface area contributed by atoms with Crippen LogP contribution in [0.2, 0.25) is 0 Å². The van der Waals surface area contributed by atoms with Crippen molar-refractivity contribution >= 4 is 38.6 Å². The molecule has 19 heavy (non-hydrogen) atoms. The lowest BCUT2D eigenvalue weighted by Gasteiger charge is -2.04. The summed E-state index contributed by atoms with van der Waals surface area (Å²) >= 11 is 6.82. The topological polar surface area (TPSA) is 39.2 Å². The predicted molar refractivity (Wildman–Crippen MR) is 76.9 cm³/mol. The number of fused-ring (bicyclic) bond motifs is 1. The molecule has 94 valence electrons. The molecule has 0 amide bonds. The van der Waals surface area contributed by atoms with Crippen molar-refractivity contribution in [1.82, 2.24) is 4.98 Å². The zero-order valence-corrected chi connectivity index (χ0v) is 11.2. The summed E-state index contributed by atoms with van der Waals surface area (Å²) in [6, 6.07) is 15.1. The van der Waals surface area contributed by atoms with Crippen LogP contribution in [-0.4, -0.2) is 10.4 Å². The van der Waals surface area contributed by atoms with E-state index in [1.165, 1.54) is 0 Å². The van der Waals surface area contributed by atoms with Crippen LogP contribution in [-0.2, 0) is 0 Å². The van der Waals surface area contributed by atoms with E-state index in [9.17, 15) is 4.79 Å². The van der Waals surface area contributed by atoms with Crippen molar-refractivity contribution in [3.05, 3.63) is 48.5 Å². The number of ether oxygens (including phenoxy) is 1. The Morgan fingerprint density at radius 3 is 2.63 bits per heavy atom. The zero-order chi connectivity index (χ0) is 13.2. The summed E-state index contributed by atoms with van der Waals surface area (Å²) in [7, 11) is 0. The van der Waals surface area contributed by atoms with E-state index < -0.39 is 5.43 Å². The fourth-order valence-electron chi connectivity index (χ4n) is 1.81. The molecule has 0 spiro atoms. The fourth-order valence-corrected chi connectivity index (χ4v) is 2.89. The number of carbonyl (C=O) groups excluding carboxylic acids is 1. The van der Waals surface area contributed by atoms with Gasteiger partial charge in [-0.1, -0.05) is 24.3 Å². The molecule has 0 unspecified atom stereocenters. The SMILES string of the molecule is O=C(Cl)Oc1ccccc1-c1nc2ccccc2s1. The summed E-state index contributed by atoms with van der Waals surface area (Å²) in [5.41, 5.74) is 0.834. The first-order valence-electron chi connectivity index (χ1n) is 5.56. The van der Waals surface area contributed by atoms with Gasteiger partial charge in [0.05, 0.1) is 15.8 Å². The Balaban J connectivity index is 2.13. The number of rotatable bonds is 2. The zero-order valence-electron chi connectivity index (χ0n) is 9.67. The van der Waals surface area contributed by atoms with E-state index in [1.807, 2.05) is 36.4 Å². The van der Waals surface area contributed by atoms with Gasteiger partial charge in [-0.25, -0.2) is 9.78 Å². The maximum absolute atomic E-state index is 10.9. The number of thiazole rings is 1. The Labute approximate surface area is 118 Å². The Morgan fingerprint density at radius 2 is 1.84 bits per heavy atom. The second-order valence-electron chi connectivity index (χ2n) is 3.82. The number of benzene rings is 2. The molecule has 0 aliphatic heterocycles. The number of carbonyl (C=O) groups is 1. The number of para-hydroxylation sites is 2. The van der Waals surface area contributed by atoms with E-state index in [0.717, 1.165) is 20.8 Å². The van der Waals surface area contributed by atoms with Gasteiger partial charge in [0, 0.05) is 11.6 Å². The van der Waals surface area contributed by atoms with E-state index in [1.54, 1.807) is 23.5 Å². The van der Waals surface area contributed by atoms with Crippen molar-refractivity contribution in [3.63, 3.8) is 0 Å². The van der Waals surface area contributed by atoms with Crippen molar-refractivity contribution < 1.29 is 9.53 Å². The maximum Gasteiger partial charge on any atom is 0.409 e. The minimum absolute atomic E-state index is 0.418. The average Bonchev–Trinajstić information content (AvgIpc) is 2.82. The minimum atomic E-state index is -0.853. The molecular formula is C14H8ClNO2S. The molecule has 5 heteroatoms. The van der Waals surface area contributed by atoms with E-state index in [2.05, 4.69) is 4.98 Å². The van der Waals surface area contributed by atoms with Crippen molar-refractivity contribution in [2.24, 2.45) is 0 Å². The molecular weight excluding hydrogens is 282 g/mol. The van der Waals surface area contributed by atoms with Crippen LogP contribution in [0.25, 0.3) is 20.8 Å². The second kappa shape index (κ2) is 4.99. The van der Waals surface area contributed by atoms with Crippen LogP contribution in [0.4, 0.5) is 4.79 Å². The smallest absolute Gasteiger partial charge is 0.409 e. The molecule has 1 aromatic heterocycles. The van der Waals surface area contributed by atoms with Gasteiger partial charge < -0.3 is 4.74 Å². The van der Waals surface area contributed by atoms with E-state index in [-0.39, 0.29) is 0 Å². The summed E-state index contributed by atoms with van der Waals surface area (Å²) in [6.45, 7) is 0. The van der Waals surface area contributed by atoms with Crippen molar-refractivity contribution in [1.29, 1.82) is 0 Å². The van der Waals surface area contributed by atoms with Gasteiger partial charge in [0.25, 0.3) is 0 Å². The molecule has 0 fully saturated rings. The highest BCUT2D eigenvalue weighted by atomic mass is 35.5. The van der Waals surface area contributed by atoms with Gasteiger partial charge in [0.15, 0.2) is 0 Å². The lowest BCUT2D eigenvalue weighted by atomic mass is 10.2. The summed E-state index contributed by atoms with van der Waals surface area (Å²) in [6.07, 6.45) is 0. The second-order valence-corrected chi connectivity index (χ2v) is 5.16. The molecule has 0 aliphatic carbocycles. The standard InChI is InChI=1S/C14H8ClNO2S/c15-14(17)18-11-7-3-1-5-9(11)13-16-10-6-2-4-8-12(10)19-13/h1-8H. The molecule has 0 radical (unpaired) electrons. The number of aromatic nitrogens is 1. The number of nitrogens with zero attached hydrogens (tertiary/aromatic N) is 1. The Bertz CT molecular complexity index is 721. The lowest BCUT2D eigenvalue weighted by Crippen LogP contribution is -1.97. The maximum atomic E-state index is 10.9. The molecule has 0 N–H and O–H groups in total. The predicted octanol–water partition coefficient (Wildman–Crippen LogP) is 4.70. The van der Waals surface area contributed by atoms with E-state index >= 15 is 0 Å². The molecule has 3 aromatic rings. The monoisotopic (exact) mass is 289 g/mol. The van der Waals surface area contributed by atoms with Gasteiger partial charge in [-0.05, 0) is 24.3 Å². The van der Waals surface area contributed by atoms with Crippen molar-refractivity contribution in [2.75, 3.05) is 0 Å². The molecule has 3 nitrogen and oxygen atoms in total. The normalized spacial score (nSPS) is 10.6. The van der Waals surface area contributed by atoms with Gasteiger partial charge >= 0.3 is 5.43 Å². The highest BCUT2D eigenvalue weighted by Crippen LogP contribution is 2.35. The van der Waals surface area contributed by atoms with Gasteiger partial charge in [-0.2, -0.15) is 0 Å². The molecule has 3 rings (SSSR count). The van der Waals surface area contributed by atoms with Crippen LogP contribution in [0.15, 0.2) is 48.5 Å². The van der Waals surface area contributed by atoms with Crippen LogP contribution >= 0.6 is 22.9 Å². The summed E-state index contributed by atoms with van der Waals surface area (Å²) in [4.78, 5) is 15.4. The van der Waals surface area contributed by atoms with Crippen LogP contribution in [0.3, 0.4) is 0 Å². The molecule has 0 bridgehead atoms. The summed E-state index contributed by atoms with van der Waals surface area (Å²) < 4.78 is 6.08. The van der Waals surface area contributed by atoms with Crippen LogP contribution < -0.4 is 4.74 Å².